The maximum Gasteiger partial charge on any atom is 0.251 e. The van der Waals surface area contributed by atoms with E-state index < -0.39 is 11.8 Å². The predicted octanol–water partition coefficient (Wildman–Crippen LogP) is 3.79. The first-order valence-electron chi connectivity index (χ1n) is 4.88. The van der Waals surface area contributed by atoms with Gasteiger partial charge in [0.2, 0.25) is 0 Å². The van der Waals surface area contributed by atoms with E-state index in [0.717, 1.165) is 5.56 Å². The number of rotatable bonds is 2. The zero-order valence-electron chi connectivity index (χ0n) is 8.29. The van der Waals surface area contributed by atoms with Crippen LogP contribution in [-0.2, 0) is 5.41 Å². The summed E-state index contributed by atoms with van der Waals surface area (Å²) in [6.45, 7) is 3.56. The predicted molar refractivity (Wildman–Crippen MR) is 58.0 cm³/mol. The Kier molecular flexibility index (Phi) is 2.43. The van der Waals surface area contributed by atoms with Crippen LogP contribution in [0.2, 0.25) is 0 Å². The number of alkyl halides is 2. The van der Waals surface area contributed by atoms with E-state index in [9.17, 15) is 8.78 Å². The van der Waals surface area contributed by atoms with E-state index >= 15 is 0 Å². The smallest absolute Gasteiger partial charge is 0.209 e. The zero-order chi connectivity index (χ0) is 10.9. The summed E-state index contributed by atoms with van der Waals surface area (Å²) < 4.78 is 26.3. The van der Waals surface area contributed by atoms with Crippen LogP contribution >= 0.6 is 0 Å². The third-order valence-corrected chi connectivity index (χ3v) is 2.97. The molecule has 1 aromatic carbocycles. The molecule has 0 amide bonds. The number of benzene rings is 1. The Bertz CT molecular complexity index is 407. The molecule has 0 fully saturated rings. The minimum atomic E-state index is -2.42. The monoisotopic (exact) mass is 206 g/mol. The molecule has 1 aliphatic carbocycles. The molecular weight excluding hydrogens is 194 g/mol. The van der Waals surface area contributed by atoms with E-state index in [1.165, 1.54) is 6.08 Å². The minimum absolute atomic E-state index is 0.325. The van der Waals surface area contributed by atoms with Gasteiger partial charge in [0, 0.05) is 0 Å². The number of allylic oxidation sites excluding steroid dienone is 2. The second kappa shape index (κ2) is 3.61. The zero-order valence-corrected chi connectivity index (χ0v) is 8.29. The van der Waals surface area contributed by atoms with Crippen LogP contribution in [0.25, 0.3) is 6.08 Å². The maximum absolute atomic E-state index is 13.1. The average molecular weight is 206 g/mol. The van der Waals surface area contributed by atoms with Gasteiger partial charge in [-0.15, -0.1) is 6.58 Å². The lowest BCUT2D eigenvalue weighted by Gasteiger charge is -2.33. The summed E-state index contributed by atoms with van der Waals surface area (Å²) in [4.78, 5) is 0. The van der Waals surface area contributed by atoms with E-state index in [1.807, 2.05) is 18.2 Å². The molecule has 2 heteroatoms. The molecule has 15 heavy (non-hydrogen) atoms. The molecule has 1 aliphatic rings. The fraction of sp³-hybridized carbons (Fsp3) is 0.231. The molecule has 0 nitrogen and oxygen atoms in total. The third kappa shape index (κ3) is 1.41. The molecule has 0 heterocycles. The highest BCUT2D eigenvalue weighted by Gasteiger charge is 2.40. The summed E-state index contributed by atoms with van der Waals surface area (Å²) in [7, 11) is 0. The lowest BCUT2D eigenvalue weighted by Crippen LogP contribution is -2.33. The van der Waals surface area contributed by atoms with Crippen molar-refractivity contribution in [3.8, 4) is 0 Å². The number of hydrogen-bond donors (Lipinski definition) is 0. The van der Waals surface area contributed by atoms with Crippen LogP contribution in [0.5, 0.6) is 0 Å². The Morgan fingerprint density at radius 3 is 2.73 bits per heavy atom. The first kappa shape index (κ1) is 10.1. The van der Waals surface area contributed by atoms with Crippen LogP contribution in [0.1, 0.15) is 17.5 Å². The third-order valence-electron chi connectivity index (χ3n) is 2.97. The highest BCUT2D eigenvalue weighted by atomic mass is 19.3. The second-order valence-corrected chi connectivity index (χ2v) is 3.74. The lowest BCUT2D eigenvalue weighted by molar-refractivity contribution is 0.0760. The summed E-state index contributed by atoms with van der Waals surface area (Å²) in [5.74, 6) is 0. The molecule has 0 bridgehead atoms. The van der Waals surface area contributed by atoms with Crippen LogP contribution in [0, 0.1) is 0 Å². The van der Waals surface area contributed by atoms with Gasteiger partial charge in [-0.3, -0.25) is 0 Å². The van der Waals surface area contributed by atoms with Gasteiger partial charge in [0.1, 0.15) is 0 Å². The van der Waals surface area contributed by atoms with Crippen molar-refractivity contribution in [1.29, 1.82) is 0 Å². The van der Waals surface area contributed by atoms with Gasteiger partial charge in [-0.05, 0) is 17.5 Å². The van der Waals surface area contributed by atoms with Gasteiger partial charge >= 0.3 is 0 Å². The van der Waals surface area contributed by atoms with Crippen molar-refractivity contribution in [1.82, 2.24) is 0 Å². The highest BCUT2D eigenvalue weighted by Crippen LogP contribution is 2.41. The molecule has 0 radical (unpaired) electrons. The SMILES string of the molecule is C=CC1(C(F)F)CC=Cc2ccccc21. The van der Waals surface area contributed by atoms with Crippen LogP contribution in [-0.4, -0.2) is 6.43 Å². The van der Waals surface area contributed by atoms with Crippen molar-refractivity contribution >= 4 is 6.08 Å². The maximum atomic E-state index is 13.1. The van der Waals surface area contributed by atoms with Crippen molar-refractivity contribution in [3.05, 3.63) is 54.1 Å². The molecule has 0 spiro atoms. The van der Waals surface area contributed by atoms with Gasteiger partial charge in [0.15, 0.2) is 0 Å². The largest absolute Gasteiger partial charge is 0.251 e. The van der Waals surface area contributed by atoms with E-state index in [1.54, 1.807) is 18.2 Å². The van der Waals surface area contributed by atoms with Gasteiger partial charge < -0.3 is 0 Å². The molecule has 0 N–H and O–H groups in total. The molecule has 0 aliphatic heterocycles. The van der Waals surface area contributed by atoms with Crippen molar-refractivity contribution in [2.45, 2.75) is 18.3 Å². The van der Waals surface area contributed by atoms with E-state index in [-0.39, 0.29) is 0 Å². The molecule has 0 aromatic heterocycles. The lowest BCUT2D eigenvalue weighted by atomic mass is 9.73. The molecule has 1 aromatic rings. The Morgan fingerprint density at radius 2 is 2.07 bits per heavy atom. The fourth-order valence-corrected chi connectivity index (χ4v) is 2.05. The summed E-state index contributed by atoms with van der Waals surface area (Å²) >= 11 is 0. The molecular formula is C13H12F2. The quantitative estimate of drug-likeness (QED) is 0.646. The van der Waals surface area contributed by atoms with Crippen molar-refractivity contribution in [2.75, 3.05) is 0 Å². The molecule has 1 atom stereocenters. The van der Waals surface area contributed by atoms with Crippen LogP contribution in [0.4, 0.5) is 8.78 Å². The Hall–Kier alpha value is -1.44. The highest BCUT2D eigenvalue weighted by molar-refractivity contribution is 5.60. The van der Waals surface area contributed by atoms with Crippen LogP contribution in [0.15, 0.2) is 43.0 Å². The molecule has 0 saturated carbocycles. The van der Waals surface area contributed by atoms with Gasteiger partial charge in [-0.1, -0.05) is 42.5 Å². The number of hydrogen-bond acceptors (Lipinski definition) is 0. The van der Waals surface area contributed by atoms with E-state index in [4.69, 9.17) is 0 Å². The van der Waals surface area contributed by atoms with Crippen LogP contribution in [0.3, 0.4) is 0 Å². The van der Waals surface area contributed by atoms with Crippen molar-refractivity contribution in [3.63, 3.8) is 0 Å². The summed E-state index contributed by atoms with van der Waals surface area (Å²) in [5, 5.41) is 0. The Morgan fingerprint density at radius 1 is 1.33 bits per heavy atom. The van der Waals surface area contributed by atoms with Crippen molar-refractivity contribution in [2.24, 2.45) is 0 Å². The average Bonchev–Trinajstić information content (AvgIpc) is 2.28. The van der Waals surface area contributed by atoms with Gasteiger partial charge in [-0.25, -0.2) is 8.78 Å². The normalized spacial score (nSPS) is 23.9. The first-order valence-corrected chi connectivity index (χ1v) is 4.88. The Labute approximate surface area is 87.9 Å². The standard InChI is InChI=1S/C13H12F2/c1-2-13(12(14)15)9-5-7-10-6-3-4-8-11(10)13/h2-8,12H,1,9H2. The summed E-state index contributed by atoms with van der Waals surface area (Å²) in [6.07, 6.45) is 2.96. The molecule has 1 unspecified atom stereocenters. The van der Waals surface area contributed by atoms with Crippen molar-refractivity contribution < 1.29 is 8.78 Å². The second-order valence-electron chi connectivity index (χ2n) is 3.74. The fourth-order valence-electron chi connectivity index (χ4n) is 2.05. The molecule has 2 rings (SSSR count). The summed E-state index contributed by atoms with van der Waals surface area (Å²) in [5.41, 5.74) is 0.340. The molecule has 78 valence electrons. The Balaban J connectivity index is 2.62. The van der Waals surface area contributed by atoms with Gasteiger partial charge in [-0.2, -0.15) is 0 Å². The van der Waals surface area contributed by atoms with Gasteiger partial charge in [0.25, 0.3) is 6.43 Å². The first-order chi connectivity index (χ1) is 7.20. The van der Waals surface area contributed by atoms with E-state index in [0.29, 0.717) is 12.0 Å². The topological polar surface area (TPSA) is 0 Å². The molecule has 0 saturated heterocycles. The van der Waals surface area contributed by atoms with E-state index in [2.05, 4.69) is 6.58 Å². The van der Waals surface area contributed by atoms with Gasteiger partial charge in [0.05, 0.1) is 5.41 Å². The minimum Gasteiger partial charge on any atom is -0.209 e. The van der Waals surface area contributed by atoms with Crippen LogP contribution < -0.4 is 0 Å². The number of halogens is 2. The summed E-state index contributed by atoms with van der Waals surface area (Å²) in [6, 6.07) is 7.25. The number of fused-ring (bicyclic) bond motifs is 1.